The van der Waals surface area contributed by atoms with Crippen molar-refractivity contribution in [2.24, 2.45) is 10.8 Å². The Morgan fingerprint density at radius 3 is 2.34 bits per heavy atom. The number of aromatic nitrogens is 2. The van der Waals surface area contributed by atoms with E-state index < -0.39 is 46.2 Å². The second-order valence-corrected chi connectivity index (χ2v) is 12.2. The molecule has 2 aliphatic carbocycles. The molecule has 1 fully saturated rings. The molecule has 0 spiro atoms. The summed E-state index contributed by atoms with van der Waals surface area (Å²) in [6.07, 6.45) is -1.46. The molecule has 12 heteroatoms. The van der Waals surface area contributed by atoms with E-state index in [0.717, 1.165) is 10.9 Å². The van der Waals surface area contributed by atoms with Crippen LogP contribution in [0, 0.1) is 10.8 Å². The molecular formula is C26H32Cl2F3N3O4. The highest BCUT2D eigenvalue weighted by molar-refractivity contribution is 6.45. The molecule has 0 radical (unpaired) electrons. The van der Waals surface area contributed by atoms with Crippen LogP contribution in [0.2, 0.25) is 0 Å². The zero-order valence-corrected chi connectivity index (χ0v) is 23.3. The van der Waals surface area contributed by atoms with Crippen LogP contribution in [0.1, 0.15) is 88.3 Å². The number of allylic oxidation sites excluding steroid dienone is 3. The van der Waals surface area contributed by atoms with Gasteiger partial charge in [-0.15, -0.1) is 0 Å². The number of alkyl halides is 3. The lowest BCUT2D eigenvalue weighted by atomic mass is 9.74. The average molecular weight is 578 g/mol. The van der Waals surface area contributed by atoms with Crippen LogP contribution in [0.4, 0.5) is 13.2 Å². The van der Waals surface area contributed by atoms with Crippen molar-refractivity contribution >= 4 is 40.9 Å². The number of halogens is 5. The number of aliphatic carboxylic acids is 1. The molecule has 1 saturated carbocycles. The van der Waals surface area contributed by atoms with Crippen LogP contribution in [0.3, 0.4) is 0 Å². The van der Waals surface area contributed by atoms with Gasteiger partial charge in [-0.25, -0.2) is 0 Å². The quantitative estimate of drug-likeness (QED) is 0.395. The number of hydrogen-bond donors (Lipinski definition) is 1. The van der Waals surface area contributed by atoms with Gasteiger partial charge in [-0.2, -0.15) is 18.3 Å². The van der Waals surface area contributed by atoms with Gasteiger partial charge < -0.3 is 10.0 Å². The number of rotatable bonds is 7. The van der Waals surface area contributed by atoms with Crippen LogP contribution in [0.5, 0.6) is 0 Å². The number of Topliss-reactive ketones (excluding diaryl/α,β-unsaturated/α-hetero) is 1. The fraction of sp³-hybridized carbons (Fsp3) is 0.615. The number of carboxylic acid groups (broad SMARTS) is 1. The van der Waals surface area contributed by atoms with Crippen LogP contribution < -0.4 is 0 Å². The number of carbonyl (C=O) groups is 3. The molecule has 38 heavy (non-hydrogen) atoms. The van der Waals surface area contributed by atoms with Crippen LogP contribution in [-0.4, -0.2) is 50.5 Å². The Labute approximate surface area is 229 Å². The highest BCUT2D eigenvalue weighted by Gasteiger charge is 2.45. The van der Waals surface area contributed by atoms with Crippen molar-refractivity contribution in [3.63, 3.8) is 0 Å². The third kappa shape index (κ3) is 6.62. The fourth-order valence-electron chi connectivity index (χ4n) is 4.92. The third-order valence-corrected chi connectivity index (χ3v) is 7.89. The van der Waals surface area contributed by atoms with Crippen LogP contribution in [-0.2, 0) is 15.8 Å². The zero-order chi connectivity index (χ0) is 28.6. The summed E-state index contributed by atoms with van der Waals surface area (Å²) in [6.45, 7) is 7.27. The Bertz CT molecular complexity index is 1170. The number of amides is 1. The van der Waals surface area contributed by atoms with Gasteiger partial charge in [-0.3, -0.25) is 19.1 Å². The van der Waals surface area contributed by atoms with Gasteiger partial charge in [0.05, 0.1) is 28.2 Å². The van der Waals surface area contributed by atoms with Crippen molar-refractivity contribution in [1.29, 1.82) is 0 Å². The lowest BCUT2D eigenvalue weighted by molar-refractivity contribution is -0.152. The van der Waals surface area contributed by atoms with Crippen molar-refractivity contribution < 1.29 is 32.7 Å². The molecule has 0 aromatic carbocycles. The summed E-state index contributed by atoms with van der Waals surface area (Å²) >= 11 is 12.4. The van der Waals surface area contributed by atoms with E-state index in [2.05, 4.69) is 5.10 Å². The minimum Gasteiger partial charge on any atom is -0.481 e. The van der Waals surface area contributed by atoms with E-state index in [-0.39, 0.29) is 67.5 Å². The van der Waals surface area contributed by atoms with Gasteiger partial charge in [0.15, 0.2) is 11.5 Å². The molecule has 3 rings (SSSR count). The van der Waals surface area contributed by atoms with E-state index in [1.165, 1.54) is 11.0 Å². The number of hydrogen-bond acceptors (Lipinski definition) is 4. The van der Waals surface area contributed by atoms with E-state index in [9.17, 15) is 32.7 Å². The third-order valence-electron chi connectivity index (χ3n) is 7.06. The summed E-state index contributed by atoms with van der Waals surface area (Å²) in [5.41, 5.74) is -2.82. The van der Waals surface area contributed by atoms with E-state index in [1.54, 1.807) is 6.92 Å². The van der Waals surface area contributed by atoms with Crippen molar-refractivity contribution in [3.05, 3.63) is 39.2 Å². The first-order chi connectivity index (χ1) is 17.4. The zero-order valence-electron chi connectivity index (χ0n) is 21.8. The van der Waals surface area contributed by atoms with E-state index >= 15 is 0 Å². The lowest BCUT2D eigenvalue weighted by Gasteiger charge is -2.35. The molecule has 1 aromatic heterocycles. The van der Waals surface area contributed by atoms with E-state index in [1.807, 2.05) is 20.8 Å². The van der Waals surface area contributed by atoms with Crippen LogP contribution in [0.15, 0.2) is 27.9 Å². The smallest absolute Gasteiger partial charge is 0.433 e. The standard InChI is InChI=1S/C26H32Cl2F3N3O4/c1-24(2,3)14-33(12-9-16-18(27)5-6-19(35)20(16)28)22(36)17-13-32-34(21(17)26(29,30)31)15-7-10-25(4,11-8-15)23(37)38/h5,13,15H,6-12,14H2,1-4H3,(H,37,38). The predicted molar refractivity (Wildman–Crippen MR) is 137 cm³/mol. The molecule has 0 unspecified atom stereocenters. The molecule has 1 N–H and O–H groups in total. The van der Waals surface area contributed by atoms with Crippen LogP contribution in [0.25, 0.3) is 0 Å². The molecule has 0 atom stereocenters. The molecule has 7 nitrogen and oxygen atoms in total. The molecule has 0 aliphatic heterocycles. The highest BCUT2D eigenvalue weighted by Crippen LogP contribution is 2.43. The summed E-state index contributed by atoms with van der Waals surface area (Å²) in [5.74, 6) is -2.14. The Balaban J connectivity index is 1.93. The largest absolute Gasteiger partial charge is 0.481 e. The van der Waals surface area contributed by atoms with E-state index in [4.69, 9.17) is 23.2 Å². The van der Waals surface area contributed by atoms with Gasteiger partial charge in [-0.1, -0.05) is 50.0 Å². The Hall–Kier alpha value is -2.33. The van der Waals surface area contributed by atoms with Gasteiger partial charge in [0.25, 0.3) is 5.91 Å². The van der Waals surface area contributed by atoms with Gasteiger partial charge >= 0.3 is 12.1 Å². The highest BCUT2D eigenvalue weighted by atomic mass is 35.5. The topological polar surface area (TPSA) is 92.5 Å². The minimum absolute atomic E-state index is 0.0120. The number of nitrogens with zero attached hydrogens (tertiary/aromatic N) is 3. The molecule has 1 heterocycles. The Kier molecular flexibility index (Phi) is 8.78. The predicted octanol–water partition coefficient (Wildman–Crippen LogP) is 6.57. The average Bonchev–Trinajstić information content (AvgIpc) is 3.26. The molecule has 1 amide bonds. The Morgan fingerprint density at radius 2 is 1.82 bits per heavy atom. The van der Waals surface area contributed by atoms with E-state index in [0.29, 0.717) is 5.57 Å². The maximum absolute atomic E-state index is 14.3. The van der Waals surface area contributed by atoms with Crippen molar-refractivity contribution in [2.45, 2.75) is 78.4 Å². The first-order valence-corrected chi connectivity index (χ1v) is 13.2. The number of carbonyl (C=O) groups excluding carboxylic acids is 2. The van der Waals surface area contributed by atoms with Crippen molar-refractivity contribution in [1.82, 2.24) is 14.7 Å². The summed E-state index contributed by atoms with van der Waals surface area (Å²) in [7, 11) is 0. The normalized spacial score (nSPS) is 22.9. The maximum atomic E-state index is 14.3. The molecule has 2 aliphatic rings. The summed E-state index contributed by atoms with van der Waals surface area (Å²) in [5, 5.41) is 13.7. The van der Waals surface area contributed by atoms with Crippen molar-refractivity contribution in [3.8, 4) is 0 Å². The summed E-state index contributed by atoms with van der Waals surface area (Å²) in [4.78, 5) is 38.5. The first kappa shape index (κ1) is 30.2. The monoisotopic (exact) mass is 577 g/mol. The van der Waals surface area contributed by atoms with Crippen molar-refractivity contribution in [2.75, 3.05) is 13.1 Å². The molecule has 1 aromatic rings. The lowest BCUT2D eigenvalue weighted by Crippen LogP contribution is -2.39. The summed E-state index contributed by atoms with van der Waals surface area (Å²) < 4.78 is 43.9. The Morgan fingerprint density at radius 1 is 1.21 bits per heavy atom. The second kappa shape index (κ2) is 11.0. The molecule has 210 valence electrons. The SMILES string of the molecule is CC(C)(C)CN(CCC1=C(Cl)C(=O)CC=C1Cl)C(=O)c1cnn(C2CCC(C)(C(=O)O)CC2)c1C(F)(F)F. The molecule has 0 bridgehead atoms. The number of carboxylic acids is 1. The maximum Gasteiger partial charge on any atom is 0.433 e. The van der Waals surface area contributed by atoms with Gasteiger partial charge in [0, 0.05) is 24.5 Å². The fourth-order valence-corrected chi connectivity index (χ4v) is 5.50. The summed E-state index contributed by atoms with van der Waals surface area (Å²) in [6, 6.07) is -0.683. The molecular weight excluding hydrogens is 546 g/mol. The minimum atomic E-state index is -4.86. The van der Waals surface area contributed by atoms with Gasteiger partial charge in [0.1, 0.15) is 0 Å². The molecule has 0 saturated heterocycles. The van der Waals surface area contributed by atoms with Gasteiger partial charge in [-0.05, 0) is 50.0 Å². The van der Waals surface area contributed by atoms with Crippen LogP contribution >= 0.6 is 23.2 Å². The number of ketones is 1. The second-order valence-electron chi connectivity index (χ2n) is 11.5. The van der Waals surface area contributed by atoms with Gasteiger partial charge in [0.2, 0.25) is 0 Å². The first-order valence-electron chi connectivity index (χ1n) is 12.4.